The molecule has 0 amide bonds. The van der Waals surface area contributed by atoms with Gasteiger partial charge in [-0.3, -0.25) is 0 Å². The van der Waals surface area contributed by atoms with E-state index >= 15 is 0 Å². The largest absolute Gasteiger partial charge is 0.313 e. The number of aryl methyl sites for hydroxylation is 2. The highest BCUT2D eigenvalue weighted by atomic mass is 32.2. The fourth-order valence-electron chi connectivity index (χ4n) is 2.72. The van der Waals surface area contributed by atoms with Gasteiger partial charge in [0.2, 0.25) is 0 Å². The van der Waals surface area contributed by atoms with Crippen LogP contribution in [-0.4, -0.2) is 32.1 Å². The van der Waals surface area contributed by atoms with Crippen LogP contribution in [0.2, 0.25) is 0 Å². The van der Waals surface area contributed by atoms with E-state index in [4.69, 9.17) is 0 Å². The first-order chi connectivity index (χ1) is 11.6. The van der Waals surface area contributed by atoms with E-state index in [1.807, 2.05) is 11.8 Å². The zero-order valence-corrected chi connectivity index (χ0v) is 16.2. The average Bonchev–Trinajstić information content (AvgIpc) is 2.55. The molecule has 0 bridgehead atoms. The van der Waals surface area contributed by atoms with Crippen molar-refractivity contribution >= 4 is 11.8 Å². The van der Waals surface area contributed by atoms with Crippen LogP contribution in [0.15, 0.2) is 52.3 Å². The lowest BCUT2D eigenvalue weighted by molar-refractivity contribution is 0.391. The van der Waals surface area contributed by atoms with Gasteiger partial charge in [0.05, 0.1) is 0 Å². The van der Waals surface area contributed by atoms with Crippen LogP contribution in [-0.2, 0) is 6.54 Å². The third-order valence-corrected chi connectivity index (χ3v) is 5.58. The summed E-state index contributed by atoms with van der Waals surface area (Å²) in [5, 5.41) is 3.60. The van der Waals surface area contributed by atoms with E-state index in [-0.39, 0.29) is 0 Å². The minimum absolute atomic E-state index is 0.941. The Labute approximate surface area is 151 Å². The molecule has 24 heavy (non-hydrogen) atoms. The maximum atomic E-state index is 3.60. The van der Waals surface area contributed by atoms with Gasteiger partial charge in [-0.05, 0) is 76.6 Å². The topological polar surface area (TPSA) is 15.3 Å². The Morgan fingerprint density at radius 1 is 0.917 bits per heavy atom. The molecule has 2 rings (SSSR count). The first-order valence-electron chi connectivity index (χ1n) is 8.75. The molecule has 0 aromatic heterocycles. The Hall–Kier alpha value is -1.29. The summed E-state index contributed by atoms with van der Waals surface area (Å²) < 4.78 is 0. The monoisotopic (exact) mass is 342 g/mol. The van der Waals surface area contributed by atoms with Gasteiger partial charge in [-0.15, -0.1) is 0 Å². The van der Waals surface area contributed by atoms with Crippen LogP contribution in [0.25, 0.3) is 0 Å². The SMILES string of the molecule is Cc1cccc(C)c1Sc1ccccc1CNCCCCN(C)C. The molecule has 0 radical (unpaired) electrons. The fourth-order valence-corrected chi connectivity index (χ4v) is 3.82. The van der Waals surface area contributed by atoms with Crippen LogP contribution >= 0.6 is 11.8 Å². The normalized spacial score (nSPS) is 11.2. The lowest BCUT2D eigenvalue weighted by atomic mass is 10.2. The van der Waals surface area contributed by atoms with Crippen LogP contribution in [0.3, 0.4) is 0 Å². The van der Waals surface area contributed by atoms with Crippen molar-refractivity contribution in [1.29, 1.82) is 0 Å². The van der Waals surface area contributed by atoms with Gasteiger partial charge in [0.25, 0.3) is 0 Å². The van der Waals surface area contributed by atoms with Crippen molar-refractivity contribution in [1.82, 2.24) is 10.2 Å². The maximum Gasteiger partial charge on any atom is 0.0216 e. The highest BCUT2D eigenvalue weighted by molar-refractivity contribution is 7.99. The summed E-state index contributed by atoms with van der Waals surface area (Å²) in [5.41, 5.74) is 4.09. The standard InChI is InChI=1S/C21H30N2S/c1-17-10-9-11-18(2)21(17)24-20-13-6-5-12-19(20)16-22-14-7-8-15-23(3)4/h5-6,9-13,22H,7-8,14-16H2,1-4H3. The van der Waals surface area contributed by atoms with Gasteiger partial charge < -0.3 is 10.2 Å². The van der Waals surface area contributed by atoms with Gasteiger partial charge >= 0.3 is 0 Å². The van der Waals surface area contributed by atoms with E-state index in [0.717, 1.165) is 13.1 Å². The van der Waals surface area contributed by atoms with E-state index in [0.29, 0.717) is 0 Å². The van der Waals surface area contributed by atoms with Crippen molar-refractivity contribution in [2.24, 2.45) is 0 Å². The molecule has 0 saturated heterocycles. The summed E-state index contributed by atoms with van der Waals surface area (Å²) in [6.45, 7) is 7.58. The van der Waals surface area contributed by atoms with Crippen molar-refractivity contribution in [2.75, 3.05) is 27.2 Å². The minimum Gasteiger partial charge on any atom is -0.313 e. The summed E-state index contributed by atoms with van der Waals surface area (Å²) in [7, 11) is 4.27. The zero-order valence-electron chi connectivity index (χ0n) is 15.4. The summed E-state index contributed by atoms with van der Waals surface area (Å²) in [5.74, 6) is 0. The summed E-state index contributed by atoms with van der Waals surface area (Å²) in [6, 6.07) is 15.3. The number of nitrogens with one attached hydrogen (secondary N) is 1. The molecule has 2 nitrogen and oxygen atoms in total. The van der Waals surface area contributed by atoms with Crippen molar-refractivity contribution in [3.63, 3.8) is 0 Å². The molecule has 0 fully saturated rings. The third-order valence-electron chi connectivity index (χ3n) is 4.12. The van der Waals surface area contributed by atoms with Crippen molar-refractivity contribution in [2.45, 2.75) is 43.0 Å². The summed E-state index contributed by atoms with van der Waals surface area (Å²) >= 11 is 1.89. The van der Waals surface area contributed by atoms with Gasteiger partial charge in [-0.1, -0.05) is 48.2 Å². The number of nitrogens with zero attached hydrogens (tertiary/aromatic N) is 1. The molecular formula is C21H30N2S. The maximum absolute atomic E-state index is 3.60. The smallest absolute Gasteiger partial charge is 0.0216 e. The molecule has 0 spiro atoms. The van der Waals surface area contributed by atoms with Crippen LogP contribution in [0.4, 0.5) is 0 Å². The molecule has 2 aromatic carbocycles. The quantitative estimate of drug-likeness (QED) is 0.653. The van der Waals surface area contributed by atoms with Gasteiger partial charge in [0, 0.05) is 16.3 Å². The van der Waals surface area contributed by atoms with Crippen LogP contribution in [0.5, 0.6) is 0 Å². The number of unbranched alkanes of at least 4 members (excludes halogenated alkanes) is 1. The second kappa shape index (κ2) is 9.87. The predicted octanol–water partition coefficient (Wildman–Crippen LogP) is 4.89. The van der Waals surface area contributed by atoms with Gasteiger partial charge in [-0.25, -0.2) is 0 Å². The molecule has 0 saturated carbocycles. The number of hydrogen-bond donors (Lipinski definition) is 1. The van der Waals surface area contributed by atoms with Crippen LogP contribution in [0, 0.1) is 13.8 Å². The second-order valence-electron chi connectivity index (χ2n) is 6.62. The van der Waals surface area contributed by atoms with Crippen LogP contribution < -0.4 is 5.32 Å². The highest BCUT2D eigenvalue weighted by Gasteiger charge is 2.08. The summed E-state index contributed by atoms with van der Waals surface area (Å²) in [4.78, 5) is 4.99. The Morgan fingerprint density at radius 3 is 2.33 bits per heavy atom. The highest BCUT2D eigenvalue weighted by Crippen LogP contribution is 2.34. The molecule has 3 heteroatoms. The lowest BCUT2D eigenvalue weighted by Gasteiger charge is -2.14. The third kappa shape index (κ3) is 5.97. The molecular weight excluding hydrogens is 312 g/mol. The molecule has 2 aromatic rings. The fraction of sp³-hybridized carbons (Fsp3) is 0.429. The van der Waals surface area contributed by atoms with Crippen molar-refractivity contribution < 1.29 is 0 Å². The van der Waals surface area contributed by atoms with Crippen molar-refractivity contribution in [3.8, 4) is 0 Å². The average molecular weight is 343 g/mol. The molecule has 130 valence electrons. The van der Waals surface area contributed by atoms with E-state index < -0.39 is 0 Å². The van der Waals surface area contributed by atoms with Gasteiger partial charge in [0.15, 0.2) is 0 Å². The summed E-state index contributed by atoms with van der Waals surface area (Å²) in [6.07, 6.45) is 2.48. The second-order valence-corrected chi connectivity index (χ2v) is 7.67. The Balaban J connectivity index is 1.93. The minimum atomic E-state index is 0.941. The molecule has 0 aliphatic carbocycles. The molecule has 0 aliphatic heterocycles. The number of benzene rings is 2. The first-order valence-corrected chi connectivity index (χ1v) is 9.57. The van der Waals surface area contributed by atoms with E-state index in [2.05, 4.69) is 80.6 Å². The van der Waals surface area contributed by atoms with E-state index in [1.54, 1.807) is 0 Å². The molecule has 0 unspecified atom stereocenters. The van der Waals surface area contributed by atoms with E-state index in [1.165, 1.54) is 45.9 Å². The Kier molecular flexibility index (Phi) is 7.83. The molecule has 0 aliphatic rings. The predicted molar refractivity (Wildman–Crippen MR) is 106 cm³/mol. The van der Waals surface area contributed by atoms with Gasteiger partial charge in [0.1, 0.15) is 0 Å². The van der Waals surface area contributed by atoms with Crippen LogP contribution in [0.1, 0.15) is 29.5 Å². The van der Waals surface area contributed by atoms with E-state index in [9.17, 15) is 0 Å². The van der Waals surface area contributed by atoms with Gasteiger partial charge in [-0.2, -0.15) is 0 Å². The number of rotatable bonds is 9. The Morgan fingerprint density at radius 2 is 1.62 bits per heavy atom. The number of hydrogen-bond acceptors (Lipinski definition) is 3. The van der Waals surface area contributed by atoms with Crippen molar-refractivity contribution in [3.05, 3.63) is 59.2 Å². The Bertz CT molecular complexity index is 617. The lowest BCUT2D eigenvalue weighted by Crippen LogP contribution is -2.18. The molecule has 0 heterocycles. The first kappa shape index (κ1) is 19.0. The molecule has 0 atom stereocenters. The zero-order chi connectivity index (χ0) is 17.4. The molecule has 1 N–H and O–H groups in total.